The lowest BCUT2D eigenvalue weighted by Gasteiger charge is -2.17. The Balaban J connectivity index is 1.80. The van der Waals surface area contributed by atoms with Crippen molar-refractivity contribution in [2.45, 2.75) is 38.8 Å². The summed E-state index contributed by atoms with van der Waals surface area (Å²) in [4.78, 5) is 37.5. The third-order valence-corrected chi connectivity index (χ3v) is 3.97. The van der Waals surface area contributed by atoms with E-state index >= 15 is 0 Å². The van der Waals surface area contributed by atoms with Crippen molar-refractivity contribution in [3.8, 4) is 0 Å². The number of hydrazone groups is 1. The van der Waals surface area contributed by atoms with Gasteiger partial charge >= 0.3 is 12.0 Å². The van der Waals surface area contributed by atoms with Crippen molar-refractivity contribution in [1.29, 1.82) is 0 Å². The number of nitrogens with zero attached hydrogens (tertiary/aromatic N) is 2. The molecule has 0 radical (unpaired) electrons. The molecular weight excluding hydrogens is 366 g/mol. The van der Waals surface area contributed by atoms with Gasteiger partial charge < -0.3 is 20.3 Å². The quantitative estimate of drug-likeness (QED) is 0.294. The number of urea groups is 1. The molecule has 10 nitrogen and oxygen atoms in total. The van der Waals surface area contributed by atoms with Crippen molar-refractivity contribution in [1.82, 2.24) is 16.2 Å². The number of anilines is 1. The summed E-state index contributed by atoms with van der Waals surface area (Å²) >= 11 is 0. The maximum atomic E-state index is 12.5. The average molecular weight is 391 g/mol. The van der Waals surface area contributed by atoms with Crippen LogP contribution >= 0.6 is 0 Å². The van der Waals surface area contributed by atoms with Gasteiger partial charge in [-0.25, -0.2) is 4.79 Å². The predicted molar refractivity (Wildman–Crippen MR) is 102 cm³/mol. The molecule has 1 aliphatic heterocycles. The second-order valence-electron chi connectivity index (χ2n) is 6.47. The molecule has 0 spiro atoms. The molecule has 1 saturated heterocycles. The normalized spacial score (nSPS) is 16.5. The zero-order valence-electron chi connectivity index (χ0n) is 15.8. The highest BCUT2D eigenvalue weighted by atomic mass is 16.5. The molecule has 2 rings (SSSR count). The second-order valence-corrected chi connectivity index (χ2v) is 6.47. The number of amides is 3. The minimum atomic E-state index is -0.623. The molecule has 1 aliphatic rings. The minimum Gasteiger partial charge on any atom is -0.463 e. The van der Waals surface area contributed by atoms with Crippen LogP contribution in [-0.4, -0.2) is 54.6 Å². The largest absolute Gasteiger partial charge is 0.463 e. The van der Waals surface area contributed by atoms with Gasteiger partial charge in [0.15, 0.2) is 0 Å². The first-order valence-electron chi connectivity index (χ1n) is 8.98. The van der Waals surface area contributed by atoms with Crippen molar-refractivity contribution < 1.29 is 24.3 Å². The number of hydrogen-bond acceptors (Lipinski definition) is 7. The van der Waals surface area contributed by atoms with Crippen LogP contribution in [0.5, 0.6) is 0 Å². The van der Waals surface area contributed by atoms with Crippen LogP contribution < -0.4 is 21.1 Å². The van der Waals surface area contributed by atoms with Gasteiger partial charge in [-0.15, -0.1) is 0 Å². The number of carbonyl (C=O) groups is 3. The minimum absolute atomic E-state index is 0.0673. The Morgan fingerprint density at radius 3 is 2.71 bits per heavy atom. The van der Waals surface area contributed by atoms with Crippen LogP contribution in [0.4, 0.5) is 10.5 Å². The van der Waals surface area contributed by atoms with Gasteiger partial charge in [0.05, 0.1) is 18.7 Å². The Labute approximate surface area is 162 Å². The Morgan fingerprint density at radius 2 is 2.07 bits per heavy atom. The maximum Gasteiger partial charge on any atom is 0.315 e. The van der Waals surface area contributed by atoms with Crippen molar-refractivity contribution in [3.63, 3.8) is 0 Å². The third-order valence-electron chi connectivity index (χ3n) is 3.97. The van der Waals surface area contributed by atoms with E-state index in [0.29, 0.717) is 18.7 Å². The molecule has 0 unspecified atom stereocenters. The van der Waals surface area contributed by atoms with E-state index < -0.39 is 12.1 Å². The lowest BCUT2D eigenvalue weighted by molar-refractivity contribution is -0.147. The molecule has 1 fully saturated rings. The number of hydrogen-bond donors (Lipinski definition) is 4. The van der Waals surface area contributed by atoms with Gasteiger partial charge in [-0.1, -0.05) is 12.1 Å². The number of carbonyl (C=O) groups excluding carboxylic acids is 3. The third kappa shape index (κ3) is 6.23. The van der Waals surface area contributed by atoms with Gasteiger partial charge in [0.1, 0.15) is 6.04 Å². The van der Waals surface area contributed by atoms with Crippen molar-refractivity contribution >= 4 is 29.8 Å². The maximum absolute atomic E-state index is 12.5. The van der Waals surface area contributed by atoms with Crippen LogP contribution in [0.1, 0.15) is 32.3 Å². The summed E-state index contributed by atoms with van der Waals surface area (Å²) in [6, 6.07) is 5.92. The van der Waals surface area contributed by atoms with Gasteiger partial charge in [-0.3, -0.25) is 14.8 Å². The smallest absolute Gasteiger partial charge is 0.315 e. The van der Waals surface area contributed by atoms with Gasteiger partial charge in [0, 0.05) is 18.8 Å². The summed E-state index contributed by atoms with van der Waals surface area (Å²) < 4.78 is 4.98. The van der Waals surface area contributed by atoms with Crippen molar-refractivity contribution in [2.24, 2.45) is 5.10 Å². The molecule has 1 aromatic rings. The van der Waals surface area contributed by atoms with Gasteiger partial charge in [-0.2, -0.15) is 10.7 Å². The van der Waals surface area contributed by atoms with E-state index in [2.05, 4.69) is 15.7 Å². The van der Waals surface area contributed by atoms with Crippen LogP contribution in [0.15, 0.2) is 29.4 Å². The van der Waals surface area contributed by atoms with Crippen LogP contribution in [0.2, 0.25) is 0 Å². The van der Waals surface area contributed by atoms with E-state index in [1.807, 2.05) is 0 Å². The molecule has 10 heteroatoms. The van der Waals surface area contributed by atoms with Gasteiger partial charge in [-0.05, 0) is 38.0 Å². The molecule has 3 amide bonds. The summed E-state index contributed by atoms with van der Waals surface area (Å²) in [5.74, 6) is -0.588. The molecule has 0 bridgehead atoms. The lowest BCUT2D eigenvalue weighted by Crippen LogP contribution is -2.46. The van der Waals surface area contributed by atoms with E-state index in [1.54, 1.807) is 48.6 Å². The Morgan fingerprint density at radius 1 is 1.36 bits per heavy atom. The highest BCUT2D eigenvalue weighted by Gasteiger charge is 2.33. The highest BCUT2D eigenvalue weighted by Crippen LogP contribution is 2.21. The molecule has 0 aromatic heterocycles. The fourth-order valence-electron chi connectivity index (χ4n) is 2.72. The SMILES string of the molecule is CC(C)OC(=O)CCNC(=O)N[C@H]1CCN(c2ccc(C=NNO)cc2)C1=O. The molecule has 152 valence electrons. The molecule has 1 atom stereocenters. The number of rotatable bonds is 8. The molecular formula is C18H25N5O5. The molecule has 1 aromatic carbocycles. The standard InChI is InChI=1S/C18H25N5O5/c1-12(2)28-16(24)7-9-19-18(26)21-15-8-10-23(17(15)25)14-5-3-13(4-6-14)11-20-22-27/h3-6,11-12,15,22,27H,7-10H2,1-2H3,(H2,19,21,26)/t15-/m0/s1. The first-order chi connectivity index (χ1) is 13.4. The van der Waals surface area contributed by atoms with Crippen LogP contribution in [0.25, 0.3) is 0 Å². The zero-order valence-corrected chi connectivity index (χ0v) is 15.8. The lowest BCUT2D eigenvalue weighted by atomic mass is 10.2. The second kappa shape index (κ2) is 10.3. The molecule has 0 saturated carbocycles. The number of benzene rings is 1. The topological polar surface area (TPSA) is 132 Å². The molecule has 4 N–H and O–H groups in total. The number of nitrogens with one attached hydrogen (secondary N) is 3. The summed E-state index contributed by atoms with van der Waals surface area (Å²) in [6.45, 7) is 4.12. The summed E-state index contributed by atoms with van der Waals surface area (Å²) in [5, 5.41) is 17.1. The monoisotopic (exact) mass is 391 g/mol. The Bertz CT molecular complexity index is 720. The number of esters is 1. The average Bonchev–Trinajstić information content (AvgIpc) is 3.00. The Hall–Kier alpha value is -3.14. The van der Waals surface area contributed by atoms with E-state index in [-0.39, 0.29) is 30.9 Å². The van der Waals surface area contributed by atoms with Gasteiger partial charge in [0.2, 0.25) is 5.91 Å². The van der Waals surface area contributed by atoms with Gasteiger partial charge in [0.25, 0.3) is 0 Å². The van der Waals surface area contributed by atoms with Crippen LogP contribution in [-0.2, 0) is 14.3 Å². The fraction of sp³-hybridized carbons (Fsp3) is 0.444. The summed E-state index contributed by atoms with van der Waals surface area (Å²) in [7, 11) is 0. The van der Waals surface area contributed by atoms with E-state index in [1.165, 1.54) is 6.21 Å². The van der Waals surface area contributed by atoms with E-state index in [9.17, 15) is 14.4 Å². The molecule has 28 heavy (non-hydrogen) atoms. The highest BCUT2D eigenvalue weighted by molar-refractivity contribution is 6.01. The first kappa shape index (κ1) is 21.2. The molecule has 1 heterocycles. The fourth-order valence-corrected chi connectivity index (χ4v) is 2.72. The number of ether oxygens (including phenoxy) is 1. The Kier molecular flexibility index (Phi) is 7.76. The van der Waals surface area contributed by atoms with Crippen LogP contribution in [0, 0.1) is 0 Å². The van der Waals surface area contributed by atoms with Crippen molar-refractivity contribution in [3.05, 3.63) is 29.8 Å². The zero-order chi connectivity index (χ0) is 20.5. The van der Waals surface area contributed by atoms with E-state index in [4.69, 9.17) is 9.94 Å². The van der Waals surface area contributed by atoms with Crippen molar-refractivity contribution in [2.75, 3.05) is 18.0 Å². The first-order valence-corrected chi connectivity index (χ1v) is 8.98. The summed E-state index contributed by atoms with van der Waals surface area (Å²) in [6.07, 6.45) is 1.79. The summed E-state index contributed by atoms with van der Waals surface area (Å²) in [5.41, 5.74) is 3.14. The molecule has 0 aliphatic carbocycles. The van der Waals surface area contributed by atoms with Crippen LogP contribution in [0.3, 0.4) is 0 Å². The predicted octanol–water partition coefficient (Wildman–Crippen LogP) is 0.746. The van der Waals surface area contributed by atoms with E-state index in [0.717, 1.165) is 5.56 Å².